The van der Waals surface area contributed by atoms with Crippen LogP contribution in [0.3, 0.4) is 0 Å². The van der Waals surface area contributed by atoms with Gasteiger partial charge in [0.2, 0.25) is 5.91 Å². The van der Waals surface area contributed by atoms with E-state index in [1.807, 2.05) is 16.0 Å². The zero-order valence-corrected chi connectivity index (χ0v) is 31.8. The number of hydrogen-bond acceptors (Lipinski definition) is 20. The van der Waals surface area contributed by atoms with Gasteiger partial charge in [-0.2, -0.15) is 8.42 Å². The molecule has 0 saturated carbocycles. The van der Waals surface area contributed by atoms with Crippen molar-refractivity contribution in [1.29, 1.82) is 0 Å². The van der Waals surface area contributed by atoms with Crippen molar-refractivity contribution in [3.05, 3.63) is 29.8 Å². The first-order chi connectivity index (χ1) is 25.4. The molecule has 3 rings (SSSR count). The number of hydrogen-bond donors (Lipinski definition) is 10. The number of carbonyl (C=O) groups is 2. The van der Waals surface area contributed by atoms with E-state index < -0.39 is 96.5 Å². The number of nitrogens with one attached hydrogen (secondary N) is 1. The number of rotatable bonds is 16. The molecule has 2 aliphatic heterocycles. The second-order valence-corrected chi connectivity index (χ2v) is 13.0. The summed E-state index contributed by atoms with van der Waals surface area (Å²) >= 11 is 0. The van der Waals surface area contributed by atoms with E-state index in [9.17, 15) is 48.6 Å². The van der Waals surface area contributed by atoms with Crippen LogP contribution in [0.2, 0.25) is 0 Å². The molecule has 22 nitrogen and oxygen atoms in total. The number of methoxy groups -OCH3 is 2. The minimum atomic E-state index is -4.03. The number of ether oxygens (including phenoxy) is 6. The Morgan fingerprint density at radius 3 is 1.85 bits per heavy atom. The van der Waals surface area contributed by atoms with E-state index in [0.717, 1.165) is 5.56 Å². The Kier molecular flexibility index (Phi) is 27.1. The van der Waals surface area contributed by atoms with Crippen molar-refractivity contribution < 1.29 is 96.2 Å². The van der Waals surface area contributed by atoms with Crippen molar-refractivity contribution in [2.24, 2.45) is 5.73 Å². The first-order valence-corrected chi connectivity index (χ1v) is 18.0. The number of aliphatic hydroxyl groups excluding tert-OH is 7. The number of amides is 1. The normalized spacial score (nSPS) is 27.7. The summed E-state index contributed by atoms with van der Waals surface area (Å²) in [7, 11) is 0.891. The van der Waals surface area contributed by atoms with Crippen molar-refractivity contribution in [2.75, 3.05) is 67.1 Å². The molecule has 0 radical (unpaired) electrons. The summed E-state index contributed by atoms with van der Waals surface area (Å²) in [5, 5.41) is 77.2. The Morgan fingerprint density at radius 2 is 1.35 bits per heavy atom. The van der Waals surface area contributed by atoms with Crippen LogP contribution < -0.4 is 11.1 Å². The number of aryl methyl sites for hydroxylation is 1. The van der Waals surface area contributed by atoms with Gasteiger partial charge in [-0.3, -0.25) is 8.98 Å². The molecule has 312 valence electrons. The third-order valence-corrected chi connectivity index (χ3v) is 8.31. The molecule has 6 unspecified atom stereocenters. The van der Waals surface area contributed by atoms with Crippen LogP contribution in [0.25, 0.3) is 0 Å². The van der Waals surface area contributed by atoms with Crippen LogP contribution in [0.4, 0.5) is 0 Å². The van der Waals surface area contributed by atoms with Gasteiger partial charge in [0.15, 0.2) is 12.6 Å². The van der Waals surface area contributed by atoms with Crippen LogP contribution in [0.1, 0.15) is 5.56 Å². The van der Waals surface area contributed by atoms with Crippen molar-refractivity contribution >= 4 is 38.0 Å². The quantitative estimate of drug-likeness (QED) is 0.0322. The molecule has 0 bridgehead atoms. The summed E-state index contributed by atoms with van der Waals surface area (Å²) in [5.74, 6) is -1.53. The molecule has 2 saturated heterocycles. The van der Waals surface area contributed by atoms with Gasteiger partial charge in [0, 0.05) is 14.2 Å². The van der Waals surface area contributed by atoms with Crippen molar-refractivity contribution in [3.8, 4) is 0 Å². The minimum absolute atomic E-state index is 0.0406. The molecule has 2 aliphatic rings. The topological polar surface area (TPSA) is 350 Å². The molecule has 2 heterocycles. The summed E-state index contributed by atoms with van der Waals surface area (Å²) in [4.78, 5) is 21.3. The monoisotopic (exact) mass is 822 g/mol. The predicted molar refractivity (Wildman–Crippen MR) is 186 cm³/mol. The number of benzene rings is 1. The van der Waals surface area contributed by atoms with E-state index in [4.69, 9.17) is 43.8 Å². The molecule has 25 heteroatoms. The van der Waals surface area contributed by atoms with Crippen molar-refractivity contribution in [1.82, 2.24) is 5.32 Å². The molecular weight excluding hydrogens is 770 g/mol. The van der Waals surface area contributed by atoms with E-state index in [0.29, 0.717) is 26.7 Å². The van der Waals surface area contributed by atoms with E-state index in [1.165, 1.54) is 26.4 Å². The average Bonchev–Trinajstić information content (AvgIpc) is 3.13. The molecular formula is C29H52BN2O20PS. The fourth-order valence-electron chi connectivity index (χ4n) is 4.12. The van der Waals surface area contributed by atoms with Gasteiger partial charge >= 0.3 is 26.7 Å². The average molecular weight is 823 g/mol. The van der Waals surface area contributed by atoms with Gasteiger partial charge in [0.05, 0.1) is 50.6 Å². The third-order valence-electron chi connectivity index (χ3n) is 7.02. The number of carbonyl (C=O) groups excluding carboxylic acids is 1. The third kappa shape index (κ3) is 19.6. The van der Waals surface area contributed by atoms with E-state index in [-0.39, 0.29) is 24.7 Å². The van der Waals surface area contributed by atoms with Crippen LogP contribution in [-0.2, 0) is 57.0 Å². The molecule has 0 aromatic heterocycles. The van der Waals surface area contributed by atoms with Crippen LogP contribution in [0.5, 0.6) is 0 Å². The molecule has 54 heavy (non-hydrogen) atoms. The standard InChI is InChI=1S/C13H19NO7S.C11H21NO8.C5H10O4.BH2OP/c1-7-2-4-8(5-3-7)22(18,19)20-6-9-11(15)12(16)10(14)13(17)21-9;1-18-2-3-19-5-7(14)12-8-10(16)9(15)6(4-13)20-11(8)17;1-8-2-3-9-4-5(6)7;2-1-3/h2-5,9-13,15-17H,6,14H2,1H3;6,8-11,13,15-17H,2-5H2,1H3,(H,12,14);2-4H2,1H3,(H,6,7);3H2/t9?,10?,11-,12+,13?;6?,8?,9-,10+,11-;;/m00../s1. The molecule has 1 amide bonds. The van der Waals surface area contributed by atoms with Gasteiger partial charge in [-0.1, -0.05) is 17.7 Å². The zero-order valence-electron chi connectivity index (χ0n) is 29.9. The van der Waals surface area contributed by atoms with Crippen LogP contribution in [-0.4, -0.2) is 196 Å². The van der Waals surface area contributed by atoms with Crippen LogP contribution in [0.15, 0.2) is 29.2 Å². The first-order valence-electron chi connectivity index (χ1n) is 15.9. The number of carboxylic acids is 1. The molecule has 11 atom stereocenters. The molecule has 1 aromatic carbocycles. The van der Waals surface area contributed by atoms with Crippen LogP contribution in [0, 0.1) is 6.92 Å². The maximum absolute atomic E-state index is 12.0. The summed E-state index contributed by atoms with van der Waals surface area (Å²) in [5.41, 5.74) is 6.31. The summed E-state index contributed by atoms with van der Waals surface area (Å²) in [6.45, 7) is 2.18. The molecule has 1 aromatic rings. The Labute approximate surface area is 314 Å². The van der Waals surface area contributed by atoms with E-state index in [1.54, 1.807) is 12.1 Å². The zero-order chi connectivity index (χ0) is 41.4. The number of carboxylic acid groups (broad SMARTS) is 1. The Bertz CT molecular complexity index is 1300. The molecule has 2 fully saturated rings. The summed E-state index contributed by atoms with van der Waals surface area (Å²) < 4.78 is 66.4. The Hall–Kier alpha value is -2.20. The second kappa shape index (κ2) is 28.2. The predicted octanol–water partition coefficient (Wildman–Crippen LogP) is -5.41. The second-order valence-electron chi connectivity index (χ2n) is 11.1. The Morgan fingerprint density at radius 1 is 0.852 bits per heavy atom. The number of aliphatic carboxylic acids is 1. The van der Waals surface area contributed by atoms with Gasteiger partial charge in [-0.25, -0.2) is 4.79 Å². The fraction of sp³-hybridized carbons (Fsp3) is 0.724. The fourth-order valence-corrected chi connectivity index (χ4v) is 5.04. The van der Waals surface area contributed by atoms with Crippen molar-refractivity contribution in [3.63, 3.8) is 0 Å². The van der Waals surface area contributed by atoms with E-state index >= 15 is 0 Å². The molecule has 11 N–H and O–H groups in total. The SMILES string of the molecule is COCCOCC(=O)NC1[C@@H](O)[C@@H](O)C(CO)O[C@@H]1O.COCCOCC(=O)O.Cc1ccc(S(=O)(=O)OCC2OC(O)C(N)[C@@H](O)[C@H]2O)cc1.O=BP. The molecule has 0 spiro atoms. The number of nitrogens with two attached hydrogens (primary N) is 1. The summed E-state index contributed by atoms with van der Waals surface area (Å²) in [6.07, 6.45) is -11.2. The van der Waals surface area contributed by atoms with Crippen LogP contribution >= 0.6 is 9.12 Å². The van der Waals surface area contributed by atoms with Gasteiger partial charge in [-0.15, -0.1) is 0 Å². The van der Waals surface area contributed by atoms with Gasteiger partial charge in [0.1, 0.15) is 55.9 Å². The van der Waals surface area contributed by atoms with Gasteiger partial charge in [-0.05, 0) is 19.1 Å². The molecule has 0 aliphatic carbocycles. The van der Waals surface area contributed by atoms with Gasteiger partial charge in [0.25, 0.3) is 10.1 Å². The Balaban J connectivity index is 0.000000808. The van der Waals surface area contributed by atoms with Crippen molar-refractivity contribution in [2.45, 2.75) is 73.1 Å². The summed E-state index contributed by atoms with van der Waals surface area (Å²) in [6, 6.07) is 3.64. The number of aliphatic hydroxyl groups is 7. The first kappa shape index (κ1) is 51.8. The van der Waals surface area contributed by atoms with E-state index in [2.05, 4.69) is 14.8 Å². The van der Waals surface area contributed by atoms with Gasteiger partial charge < -0.3 is 80.3 Å². The maximum atomic E-state index is 12.0.